The van der Waals surface area contributed by atoms with E-state index >= 15 is 0 Å². The number of carbonyl (C=O) groups excluding carboxylic acids is 3. The molecule has 2 amide bonds. The number of likely N-dealkylation sites (N-methyl/N-ethyl adjacent to an activating group) is 1. The van der Waals surface area contributed by atoms with Crippen LogP contribution in [0.15, 0.2) is 57.9 Å². The van der Waals surface area contributed by atoms with Gasteiger partial charge in [0.05, 0.1) is 22.8 Å². The SMILES string of the molecule is CCOC(=O)C(c1ccccc1)N1C(=O)/C(=C2/C(=O)N(CC)c3ccc(Br)cc32)SC1=S. The molecule has 0 saturated carbocycles. The summed E-state index contributed by atoms with van der Waals surface area (Å²) in [7, 11) is 0. The zero-order chi connectivity index (χ0) is 23.0. The molecule has 0 aliphatic carbocycles. The fourth-order valence-electron chi connectivity index (χ4n) is 3.84. The molecular formula is C23H19BrN2O4S2. The number of ether oxygens (including phenoxy) is 1. The number of hydrogen-bond donors (Lipinski definition) is 0. The number of amides is 2. The molecule has 9 heteroatoms. The zero-order valence-electron chi connectivity index (χ0n) is 17.3. The number of rotatable bonds is 5. The summed E-state index contributed by atoms with van der Waals surface area (Å²) in [5, 5.41) is 0. The lowest BCUT2D eigenvalue weighted by Crippen LogP contribution is -2.38. The van der Waals surface area contributed by atoms with Gasteiger partial charge in [-0.1, -0.05) is 70.2 Å². The summed E-state index contributed by atoms with van der Waals surface area (Å²) in [5.41, 5.74) is 2.30. The lowest BCUT2D eigenvalue weighted by molar-refractivity contribution is -0.151. The number of thiocarbonyl (C=S) groups is 1. The lowest BCUT2D eigenvalue weighted by Gasteiger charge is -2.25. The molecule has 1 saturated heterocycles. The number of hydrogen-bond acceptors (Lipinski definition) is 6. The second-order valence-corrected chi connectivity index (χ2v) is 9.58. The van der Waals surface area contributed by atoms with Crippen molar-refractivity contribution in [1.82, 2.24) is 4.90 Å². The molecule has 0 spiro atoms. The van der Waals surface area contributed by atoms with Crippen LogP contribution in [0.1, 0.15) is 31.0 Å². The highest BCUT2D eigenvalue weighted by Gasteiger charge is 2.46. The largest absolute Gasteiger partial charge is 0.464 e. The van der Waals surface area contributed by atoms with Crippen LogP contribution in [0.4, 0.5) is 5.69 Å². The summed E-state index contributed by atoms with van der Waals surface area (Å²) in [6, 6.07) is 13.4. The molecule has 2 heterocycles. The highest BCUT2D eigenvalue weighted by atomic mass is 79.9. The molecule has 0 bridgehead atoms. The van der Waals surface area contributed by atoms with Gasteiger partial charge >= 0.3 is 5.97 Å². The van der Waals surface area contributed by atoms with Crippen molar-refractivity contribution in [2.75, 3.05) is 18.1 Å². The van der Waals surface area contributed by atoms with Crippen molar-refractivity contribution >= 4 is 73.3 Å². The van der Waals surface area contributed by atoms with Crippen molar-refractivity contribution in [2.45, 2.75) is 19.9 Å². The van der Waals surface area contributed by atoms with Gasteiger partial charge in [-0.25, -0.2) is 4.79 Å². The van der Waals surface area contributed by atoms with Gasteiger partial charge in [0, 0.05) is 16.6 Å². The van der Waals surface area contributed by atoms with Crippen LogP contribution in [-0.4, -0.2) is 40.2 Å². The monoisotopic (exact) mass is 530 g/mol. The Morgan fingerprint density at radius 3 is 2.50 bits per heavy atom. The van der Waals surface area contributed by atoms with Gasteiger partial charge in [0.1, 0.15) is 4.32 Å². The van der Waals surface area contributed by atoms with Gasteiger partial charge in [0.15, 0.2) is 6.04 Å². The highest BCUT2D eigenvalue weighted by Crippen LogP contribution is 2.47. The number of fused-ring (bicyclic) bond motifs is 1. The standard InChI is InChI=1S/C23H19BrN2O4S2/c1-3-25-16-11-10-14(24)12-15(16)17(20(25)27)19-21(28)26(23(31)32-19)18(22(29)30-4-2)13-8-6-5-7-9-13/h5-12,18H,3-4H2,1-2H3/b19-17-. The number of benzene rings is 2. The molecule has 6 nitrogen and oxygen atoms in total. The van der Waals surface area contributed by atoms with Crippen LogP contribution < -0.4 is 4.90 Å². The number of thioether (sulfide) groups is 1. The van der Waals surface area contributed by atoms with E-state index in [0.717, 1.165) is 21.9 Å². The lowest BCUT2D eigenvalue weighted by atomic mass is 10.0. The van der Waals surface area contributed by atoms with Crippen LogP contribution in [0.2, 0.25) is 0 Å². The third-order valence-corrected chi connectivity index (χ3v) is 7.10. The fourth-order valence-corrected chi connectivity index (χ4v) is 5.58. The van der Waals surface area contributed by atoms with Crippen LogP contribution in [0.3, 0.4) is 0 Å². The molecule has 1 atom stereocenters. The molecule has 2 aliphatic heterocycles. The van der Waals surface area contributed by atoms with Crippen molar-refractivity contribution in [1.29, 1.82) is 0 Å². The molecule has 2 aromatic carbocycles. The third kappa shape index (κ3) is 3.78. The Balaban J connectivity index is 1.84. The van der Waals surface area contributed by atoms with Gasteiger partial charge in [-0.3, -0.25) is 14.5 Å². The Morgan fingerprint density at radius 1 is 1.12 bits per heavy atom. The van der Waals surface area contributed by atoms with Gasteiger partial charge in [-0.15, -0.1) is 0 Å². The van der Waals surface area contributed by atoms with Crippen molar-refractivity contribution in [2.24, 2.45) is 0 Å². The first-order chi connectivity index (χ1) is 15.4. The zero-order valence-corrected chi connectivity index (χ0v) is 20.6. The molecule has 1 fully saturated rings. The van der Waals surface area contributed by atoms with E-state index in [1.54, 1.807) is 36.1 Å². The predicted molar refractivity (Wildman–Crippen MR) is 132 cm³/mol. The van der Waals surface area contributed by atoms with Gasteiger partial charge in [-0.05, 0) is 37.6 Å². The molecule has 164 valence electrons. The van der Waals surface area contributed by atoms with E-state index in [1.807, 2.05) is 31.2 Å². The Kier molecular flexibility index (Phi) is 6.50. The summed E-state index contributed by atoms with van der Waals surface area (Å²) in [4.78, 5) is 42.9. The minimum Gasteiger partial charge on any atom is -0.464 e. The number of esters is 1. The quantitative estimate of drug-likeness (QED) is 0.317. The highest BCUT2D eigenvalue weighted by molar-refractivity contribution is 9.10. The van der Waals surface area contributed by atoms with E-state index in [1.165, 1.54) is 4.90 Å². The molecule has 2 aliphatic rings. The van der Waals surface area contributed by atoms with Gasteiger partial charge in [0.2, 0.25) is 0 Å². The maximum atomic E-state index is 13.6. The van der Waals surface area contributed by atoms with Crippen LogP contribution >= 0.6 is 39.9 Å². The predicted octanol–water partition coefficient (Wildman–Crippen LogP) is 4.69. The smallest absolute Gasteiger partial charge is 0.333 e. The van der Waals surface area contributed by atoms with E-state index in [-0.39, 0.29) is 21.7 Å². The van der Waals surface area contributed by atoms with E-state index in [4.69, 9.17) is 17.0 Å². The van der Waals surface area contributed by atoms with Gasteiger partial charge in [0.25, 0.3) is 11.8 Å². The first-order valence-corrected chi connectivity index (χ1v) is 12.0. The van der Waals surface area contributed by atoms with Crippen LogP contribution in [0.25, 0.3) is 5.57 Å². The summed E-state index contributed by atoms with van der Waals surface area (Å²) in [6.45, 7) is 4.22. The second-order valence-electron chi connectivity index (χ2n) is 7.02. The summed E-state index contributed by atoms with van der Waals surface area (Å²) >= 11 is 10.0. The van der Waals surface area contributed by atoms with E-state index in [9.17, 15) is 14.4 Å². The van der Waals surface area contributed by atoms with Crippen molar-refractivity contribution < 1.29 is 19.1 Å². The van der Waals surface area contributed by atoms with Crippen LogP contribution in [0.5, 0.6) is 0 Å². The molecule has 32 heavy (non-hydrogen) atoms. The topological polar surface area (TPSA) is 66.9 Å². The Labute approximate surface area is 203 Å². The van der Waals surface area contributed by atoms with Crippen molar-refractivity contribution in [3.8, 4) is 0 Å². The Hall–Kier alpha value is -2.49. The first-order valence-electron chi connectivity index (χ1n) is 10.0. The fraction of sp³-hybridized carbons (Fsp3) is 0.217. The average molecular weight is 531 g/mol. The van der Waals surface area contributed by atoms with Crippen LogP contribution in [-0.2, 0) is 19.1 Å². The molecule has 0 aromatic heterocycles. The Morgan fingerprint density at radius 2 is 1.84 bits per heavy atom. The summed E-state index contributed by atoms with van der Waals surface area (Å²) in [5.74, 6) is -1.31. The molecule has 4 rings (SSSR count). The van der Waals surface area contributed by atoms with E-state index < -0.39 is 17.9 Å². The second kappa shape index (κ2) is 9.17. The Bertz CT molecular complexity index is 1170. The molecular weight excluding hydrogens is 512 g/mol. The van der Waals surface area contributed by atoms with Gasteiger partial charge in [-0.2, -0.15) is 0 Å². The number of carbonyl (C=O) groups is 3. The van der Waals surface area contributed by atoms with E-state index in [0.29, 0.717) is 23.2 Å². The maximum Gasteiger partial charge on any atom is 0.333 e. The normalized spacial score (nSPS) is 18.9. The first kappa shape index (κ1) is 22.7. The number of nitrogens with zero attached hydrogens (tertiary/aromatic N) is 2. The molecule has 1 unspecified atom stereocenters. The molecule has 2 aromatic rings. The third-order valence-electron chi connectivity index (χ3n) is 5.20. The van der Waals surface area contributed by atoms with Gasteiger partial charge < -0.3 is 9.64 Å². The van der Waals surface area contributed by atoms with Crippen molar-refractivity contribution in [3.63, 3.8) is 0 Å². The van der Waals surface area contributed by atoms with Crippen LogP contribution in [0, 0.1) is 0 Å². The summed E-state index contributed by atoms with van der Waals surface area (Å²) < 4.78 is 6.26. The molecule has 0 radical (unpaired) electrons. The average Bonchev–Trinajstić information content (AvgIpc) is 3.21. The number of anilines is 1. The minimum absolute atomic E-state index is 0.170. The summed E-state index contributed by atoms with van der Waals surface area (Å²) in [6.07, 6.45) is 0. The maximum absolute atomic E-state index is 13.6. The van der Waals surface area contributed by atoms with Crippen molar-refractivity contribution in [3.05, 3.63) is 69.0 Å². The molecule has 0 N–H and O–H groups in total. The minimum atomic E-state index is -1.03. The van der Waals surface area contributed by atoms with E-state index in [2.05, 4.69) is 15.9 Å². The number of halogens is 1.